The van der Waals surface area contributed by atoms with Gasteiger partial charge in [0.1, 0.15) is 0 Å². The monoisotopic (exact) mass is 186 g/mol. The Morgan fingerprint density at radius 3 is 2.08 bits per heavy atom. The largest absolute Gasteiger partial charge is 0.393 e. The highest BCUT2D eigenvalue weighted by Gasteiger charge is 2.04. The molecule has 0 heterocycles. The Morgan fingerprint density at radius 2 is 1.54 bits per heavy atom. The Bertz CT molecular complexity index is 89.3. The van der Waals surface area contributed by atoms with E-state index in [-0.39, 0.29) is 6.10 Å². The Kier molecular flexibility index (Phi) is 8.53. The molecule has 0 aliphatic carbocycles. The molecule has 0 amide bonds. The fraction of sp³-hybridized carbons (Fsp3) is 1.00. The van der Waals surface area contributed by atoms with Crippen LogP contribution in [0.5, 0.6) is 0 Å². The lowest BCUT2D eigenvalue weighted by Crippen LogP contribution is -2.06. The van der Waals surface area contributed by atoms with Gasteiger partial charge in [0.15, 0.2) is 0 Å². The lowest BCUT2D eigenvalue weighted by molar-refractivity contribution is 0.148. The molecule has 2 unspecified atom stereocenters. The van der Waals surface area contributed by atoms with Crippen molar-refractivity contribution in [2.24, 2.45) is 5.92 Å². The molecule has 0 aromatic carbocycles. The molecule has 0 aliphatic heterocycles. The predicted octanol–water partition coefficient (Wildman–Crippen LogP) is 3.75. The number of rotatable bonds is 8. The molecule has 80 valence electrons. The molecule has 1 heteroatoms. The van der Waals surface area contributed by atoms with Crippen LogP contribution < -0.4 is 0 Å². The first-order valence-electron chi connectivity index (χ1n) is 5.88. The molecule has 0 aromatic rings. The molecular weight excluding hydrogens is 160 g/mol. The van der Waals surface area contributed by atoms with E-state index in [0.29, 0.717) is 0 Å². The van der Waals surface area contributed by atoms with Crippen LogP contribution in [0.25, 0.3) is 0 Å². The van der Waals surface area contributed by atoms with Gasteiger partial charge in [0.2, 0.25) is 0 Å². The van der Waals surface area contributed by atoms with Crippen LogP contribution in [0.4, 0.5) is 0 Å². The minimum Gasteiger partial charge on any atom is -0.393 e. The second-order valence-corrected chi connectivity index (χ2v) is 4.27. The summed E-state index contributed by atoms with van der Waals surface area (Å²) < 4.78 is 0. The fourth-order valence-electron chi connectivity index (χ4n) is 1.82. The Hall–Kier alpha value is -0.0400. The summed E-state index contributed by atoms with van der Waals surface area (Å²) in [5, 5.41) is 9.49. The second kappa shape index (κ2) is 8.55. The molecule has 0 rings (SSSR count). The van der Waals surface area contributed by atoms with E-state index in [1.165, 1.54) is 25.7 Å². The summed E-state index contributed by atoms with van der Waals surface area (Å²) in [6.45, 7) is 6.68. The zero-order valence-corrected chi connectivity index (χ0v) is 9.55. The van der Waals surface area contributed by atoms with Crippen molar-refractivity contribution >= 4 is 0 Å². The van der Waals surface area contributed by atoms with Gasteiger partial charge in [-0.2, -0.15) is 0 Å². The lowest BCUT2D eigenvalue weighted by Gasteiger charge is -2.12. The standard InChI is InChI=1S/C12H26O/c1-4-7-11(3)9-6-10-12(13)8-5-2/h11-13H,4-10H2,1-3H3. The van der Waals surface area contributed by atoms with Gasteiger partial charge in [0, 0.05) is 0 Å². The van der Waals surface area contributed by atoms with Crippen molar-refractivity contribution in [1.29, 1.82) is 0 Å². The van der Waals surface area contributed by atoms with Gasteiger partial charge in [-0.1, -0.05) is 52.9 Å². The van der Waals surface area contributed by atoms with E-state index in [1.54, 1.807) is 0 Å². The van der Waals surface area contributed by atoms with Crippen LogP contribution >= 0.6 is 0 Å². The maximum absolute atomic E-state index is 9.49. The summed E-state index contributed by atoms with van der Waals surface area (Å²) in [4.78, 5) is 0. The highest BCUT2D eigenvalue weighted by molar-refractivity contribution is 4.58. The molecule has 0 saturated carbocycles. The van der Waals surface area contributed by atoms with Gasteiger partial charge in [-0.25, -0.2) is 0 Å². The van der Waals surface area contributed by atoms with E-state index in [0.717, 1.165) is 25.2 Å². The maximum Gasteiger partial charge on any atom is 0.0540 e. The first-order valence-corrected chi connectivity index (χ1v) is 5.88. The van der Waals surface area contributed by atoms with Crippen molar-refractivity contribution in [1.82, 2.24) is 0 Å². The van der Waals surface area contributed by atoms with Crippen molar-refractivity contribution < 1.29 is 5.11 Å². The molecule has 0 aromatic heterocycles. The van der Waals surface area contributed by atoms with Crippen LogP contribution in [0, 0.1) is 5.92 Å². The molecule has 0 fully saturated rings. The van der Waals surface area contributed by atoms with E-state index in [4.69, 9.17) is 0 Å². The van der Waals surface area contributed by atoms with E-state index in [9.17, 15) is 5.11 Å². The minimum absolute atomic E-state index is 0.0428. The topological polar surface area (TPSA) is 20.2 Å². The van der Waals surface area contributed by atoms with Gasteiger partial charge in [-0.05, 0) is 18.8 Å². The third kappa shape index (κ3) is 8.29. The molecule has 2 atom stereocenters. The van der Waals surface area contributed by atoms with Crippen molar-refractivity contribution in [2.75, 3.05) is 0 Å². The van der Waals surface area contributed by atoms with Crippen LogP contribution in [0.2, 0.25) is 0 Å². The van der Waals surface area contributed by atoms with Gasteiger partial charge in [0.25, 0.3) is 0 Å². The highest BCUT2D eigenvalue weighted by Crippen LogP contribution is 2.15. The van der Waals surface area contributed by atoms with Crippen molar-refractivity contribution in [3.63, 3.8) is 0 Å². The lowest BCUT2D eigenvalue weighted by atomic mass is 9.97. The van der Waals surface area contributed by atoms with E-state index >= 15 is 0 Å². The smallest absolute Gasteiger partial charge is 0.0540 e. The molecule has 13 heavy (non-hydrogen) atoms. The molecular formula is C12H26O. The first kappa shape index (κ1) is 13.0. The summed E-state index contributed by atoms with van der Waals surface area (Å²) in [6, 6.07) is 0. The van der Waals surface area contributed by atoms with Gasteiger partial charge in [-0.15, -0.1) is 0 Å². The number of aliphatic hydroxyl groups is 1. The average molecular weight is 186 g/mol. The Morgan fingerprint density at radius 1 is 0.923 bits per heavy atom. The molecule has 0 aliphatic rings. The van der Waals surface area contributed by atoms with E-state index in [2.05, 4.69) is 20.8 Å². The molecule has 1 N–H and O–H groups in total. The van der Waals surface area contributed by atoms with E-state index < -0.39 is 0 Å². The number of hydrogen-bond acceptors (Lipinski definition) is 1. The van der Waals surface area contributed by atoms with Crippen LogP contribution in [0.15, 0.2) is 0 Å². The van der Waals surface area contributed by atoms with Crippen molar-refractivity contribution in [2.45, 2.75) is 71.8 Å². The summed E-state index contributed by atoms with van der Waals surface area (Å²) in [5.74, 6) is 0.846. The number of aliphatic hydroxyl groups excluding tert-OH is 1. The molecule has 0 radical (unpaired) electrons. The molecule has 0 bridgehead atoms. The normalized spacial score (nSPS) is 15.7. The van der Waals surface area contributed by atoms with Crippen LogP contribution in [-0.2, 0) is 0 Å². The molecule has 0 spiro atoms. The second-order valence-electron chi connectivity index (χ2n) is 4.27. The minimum atomic E-state index is -0.0428. The SMILES string of the molecule is CCCC(C)CCCC(O)CCC. The summed E-state index contributed by atoms with van der Waals surface area (Å²) in [7, 11) is 0. The maximum atomic E-state index is 9.49. The van der Waals surface area contributed by atoms with Gasteiger partial charge < -0.3 is 5.11 Å². The summed E-state index contributed by atoms with van der Waals surface area (Å²) in [5.41, 5.74) is 0. The van der Waals surface area contributed by atoms with Crippen molar-refractivity contribution in [3.8, 4) is 0 Å². The predicted molar refractivity (Wildman–Crippen MR) is 58.8 cm³/mol. The highest BCUT2D eigenvalue weighted by atomic mass is 16.3. The van der Waals surface area contributed by atoms with E-state index in [1.807, 2.05) is 0 Å². The third-order valence-electron chi connectivity index (χ3n) is 2.64. The van der Waals surface area contributed by atoms with Crippen molar-refractivity contribution in [3.05, 3.63) is 0 Å². The fourth-order valence-corrected chi connectivity index (χ4v) is 1.82. The van der Waals surface area contributed by atoms with Crippen LogP contribution in [-0.4, -0.2) is 11.2 Å². The summed E-state index contributed by atoms with van der Waals surface area (Å²) in [6.07, 6.45) is 8.15. The molecule has 1 nitrogen and oxygen atoms in total. The van der Waals surface area contributed by atoms with Gasteiger partial charge in [0.05, 0.1) is 6.10 Å². The first-order chi connectivity index (χ1) is 6.20. The van der Waals surface area contributed by atoms with Crippen LogP contribution in [0.1, 0.15) is 65.7 Å². The Balaban J connectivity index is 3.23. The van der Waals surface area contributed by atoms with Crippen LogP contribution in [0.3, 0.4) is 0 Å². The van der Waals surface area contributed by atoms with Gasteiger partial charge >= 0.3 is 0 Å². The zero-order chi connectivity index (χ0) is 10.1. The summed E-state index contributed by atoms with van der Waals surface area (Å²) >= 11 is 0. The quantitative estimate of drug-likeness (QED) is 0.612. The van der Waals surface area contributed by atoms with Gasteiger partial charge in [-0.3, -0.25) is 0 Å². The molecule has 0 saturated heterocycles. The number of hydrogen-bond donors (Lipinski definition) is 1. The average Bonchev–Trinajstić information content (AvgIpc) is 2.05. The Labute approximate surface area is 83.5 Å². The zero-order valence-electron chi connectivity index (χ0n) is 9.55. The third-order valence-corrected chi connectivity index (χ3v) is 2.64.